The number of benzene rings is 3. The molecule has 0 aromatic heterocycles. The van der Waals surface area contributed by atoms with E-state index in [1.807, 2.05) is 85.8 Å². The Hall–Kier alpha value is -1.95. The Labute approximate surface area is 163 Å². The summed E-state index contributed by atoms with van der Waals surface area (Å²) in [6.07, 6.45) is 0. The lowest BCUT2D eigenvalue weighted by molar-refractivity contribution is 0.571. The molecule has 26 heavy (non-hydrogen) atoms. The molecule has 0 radical (unpaired) electrons. The first-order chi connectivity index (χ1) is 12.4. The van der Waals surface area contributed by atoms with Crippen LogP contribution in [0.3, 0.4) is 0 Å². The van der Waals surface area contributed by atoms with Crippen LogP contribution >= 0.6 is 15.9 Å². The van der Waals surface area contributed by atoms with Crippen molar-refractivity contribution in [3.05, 3.63) is 106 Å². The van der Waals surface area contributed by atoms with Crippen molar-refractivity contribution < 1.29 is 8.42 Å². The minimum Gasteiger partial charge on any atom is -0.212 e. The van der Waals surface area contributed by atoms with Gasteiger partial charge in [0.05, 0.1) is 11.8 Å². The van der Waals surface area contributed by atoms with Crippen molar-refractivity contribution in [2.24, 2.45) is 0 Å². The fraction of sp³-hybridized carbons (Fsp3) is 0.143. The normalized spacial score (nSPS) is 12.7. The number of hydrogen-bond donors (Lipinski definition) is 1. The van der Waals surface area contributed by atoms with Gasteiger partial charge in [-0.1, -0.05) is 88.2 Å². The lowest BCUT2D eigenvalue weighted by Crippen LogP contribution is -2.30. The molecule has 0 saturated heterocycles. The minimum absolute atomic E-state index is 0.0600. The van der Waals surface area contributed by atoms with E-state index in [0.29, 0.717) is 0 Å². The van der Waals surface area contributed by atoms with Crippen LogP contribution < -0.4 is 4.72 Å². The van der Waals surface area contributed by atoms with E-state index < -0.39 is 16.1 Å². The Morgan fingerprint density at radius 3 is 2.04 bits per heavy atom. The van der Waals surface area contributed by atoms with Crippen molar-refractivity contribution in [2.45, 2.75) is 18.7 Å². The zero-order valence-corrected chi connectivity index (χ0v) is 16.8. The maximum atomic E-state index is 12.8. The minimum atomic E-state index is -3.52. The number of halogens is 1. The SMILES string of the molecule is Cc1ccc(C(NS(=O)(=O)Cc2ccc(Br)cc2)c2ccccc2)cc1. The van der Waals surface area contributed by atoms with Gasteiger partial charge in [0.15, 0.2) is 0 Å². The average molecular weight is 430 g/mol. The van der Waals surface area contributed by atoms with Gasteiger partial charge in [-0.3, -0.25) is 0 Å². The van der Waals surface area contributed by atoms with Gasteiger partial charge in [-0.15, -0.1) is 0 Å². The summed E-state index contributed by atoms with van der Waals surface area (Å²) in [6.45, 7) is 2.01. The number of hydrogen-bond acceptors (Lipinski definition) is 2. The standard InChI is InChI=1S/C21H20BrNO2S/c1-16-7-11-19(12-8-16)21(18-5-3-2-4-6-18)23-26(24,25)15-17-9-13-20(22)14-10-17/h2-14,21,23H,15H2,1H3. The summed E-state index contributed by atoms with van der Waals surface area (Å²) in [4.78, 5) is 0. The Bertz CT molecular complexity index is 953. The first kappa shape index (κ1) is 18.8. The van der Waals surface area contributed by atoms with Crippen LogP contribution in [-0.4, -0.2) is 8.42 Å². The van der Waals surface area contributed by atoms with Crippen LogP contribution in [-0.2, 0) is 15.8 Å². The summed E-state index contributed by atoms with van der Waals surface area (Å²) in [5.41, 5.74) is 3.71. The molecule has 0 saturated carbocycles. The molecule has 134 valence electrons. The number of rotatable bonds is 6. The zero-order valence-electron chi connectivity index (χ0n) is 14.4. The fourth-order valence-electron chi connectivity index (χ4n) is 2.75. The molecule has 3 aromatic rings. The second kappa shape index (κ2) is 8.16. The molecule has 1 atom stereocenters. The molecule has 0 heterocycles. The molecule has 0 bridgehead atoms. The third-order valence-corrected chi connectivity index (χ3v) is 5.95. The van der Waals surface area contributed by atoms with Crippen molar-refractivity contribution in [1.82, 2.24) is 4.72 Å². The average Bonchev–Trinajstić information content (AvgIpc) is 2.63. The third kappa shape index (κ3) is 5.04. The van der Waals surface area contributed by atoms with E-state index in [1.54, 1.807) is 0 Å². The van der Waals surface area contributed by atoms with Gasteiger partial charge < -0.3 is 0 Å². The Kier molecular flexibility index (Phi) is 5.91. The Morgan fingerprint density at radius 2 is 1.42 bits per heavy atom. The smallest absolute Gasteiger partial charge is 0.212 e. The molecule has 0 fully saturated rings. The van der Waals surface area contributed by atoms with E-state index in [0.717, 1.165) is 26.7 Å². The van der Waals surface area contributed by atoms with Gasteiger partial charge in [-0.2, -0.15) is 0 Å². The highest BCUT2D eigenvalue weighted by molar-refractivity contribution is 9.10. The zero-order chi connectivity index (χ0) is 18.6. The molecule has 0 aliphatic carbocycles. The van der Waals surface area contributed by atoms with Crippen molar-refractivity contribution in [2.75, 3.05) is 0 Å². The lowest BCUT2D eigenvalue weighted by Gasteiger charge is -2.20. The fourth-order valence-corrected chi connectivity index (χ4v) is 4.36. The van der Waals surface area contributed by atoms with Crippen LogP contribution in [0.4, 0.5) is 0 Å². The lowest BCUT2D eigenvalue weighted by atomic mass is 9.99. The quantitative estimate of drug-likeness (QED) is 0.601. The molecule has 0 aliphatic heterocycles. The molecule has 1 N–H and O–H groups in total. The van der Waals surface area contributed by atoms with Gasteiger partial charge >= 0.3 is 0 Å². The van der Waals surface area contributed by atoms with Gasteiger partial charge in [0.1, 0.15) is 0 Å². The van der Waals surface area contributed by atoms with Crippen molar-refractivity contribution >= 4 is 26.0 Å². The number of sulfonamides is 1. The molecule has 0 amide bonds. The molecular weight excluding hydrogens is 410 g/mol. The van der Waals surface area contributed by atoms with Gasteiger partial charge in [0.2, 0.25) is 10.0 Å². The maximum absolute atomic E-state index is 12.8. The van der Waals surface area contributed by atoms with Crippen molar-refractivity contribution in [3.8, 4) is 0 Å². The van der Waals surface area contributed by atoms with Gasteiger partial charge in [0.25, 0.3) is 0 Å². The Balaban J connectivity index is 1.89. The largest absolute Gasteiger partial charge is 0.216 e. The molecular formula is C21H20BrNO2S. The van der Waals surface area contributed by atoms with E-state index in [1.165, 1.54) is 0 Å². The number of nitrogens with one attached hydrogen (secondary N) is 1. The van der Waals surface area contributed by atoms with E-state index in [-0.39, 0.29) is 5.75 Å². The van der Waals surface area contributed by atoms with Crippen molar-refractivity contribution in [1.29, 1.82) is 0 Å². The first-order valence-corrected chi connectivity index (χ1v) is 10.7. The molecule has 1 unspecified atom stereocenters. The van der Waals surface area contributed by atoms with Crippen LogP contribution in [0.2, 0.25) is 0 Å². The van der Waals surface area contributed by atoms with E-state index in [2.05, 4.69) is 20.7 Å². The summed E-state index contributed by atoms with van der Waals surface area (Å²) in [7, 11) is -3.52. The predicted octanol–water partition coefficient (Wildman–Crippen LogP) is 4.97. The van der Waals surface area contributed by atoms with Crippen LogP contribution in [0, 0.1) is 6.92 Å². The Morgan fingerprint density at radius 1 is 0.846 bits per heavy atom. The summed E-state index contributed by atoms with van der Waals surface area (Å²) in [6, 6.07) is 24.5. The summed E-state index contributed by atoms with van der Waals surface area (Å²) < 4.78 is 29.4. The molecule has 3 nitrogen and oxygen atoms in total. The summed E-state index contributed by atoms with van der Waals surface area (Å²) in [5, 5.41) is 0. The van der Waals surface area contributed by atoms with E-state index in [9.17, 15) is 8.42 Å². The van der Waals surface area contributed by atoms with Crippen LogP contribution in [0.5, 0.6) is 0 Å². The van der Waals surface area contributed by atoms with Crippen LogP contribution in [0.15, 0.2) is 83.3 Å². The van der Waals surface area contributed by atoms with Crippen molar-refractivity contribution in [3.63, 3.8) is 0 Å². The highest BCUT2D eigenvalue weighted by Gasteiger charge is 2.21. The number of aryl methyl sites for hydroxylation is 1. The maximum Gasteiger partial charge on any atom is 0.216 e. The highest BCUT2D eigenvalue weighted by atomic mass is 79.9. The van der Waals surface area contributed by atoms with Crippen LogP contribution in [0.25, 0.3) is 0 Å². The van der Waals surface area contributed by atoms with Gasteiger partial charge in [-0.05, 0) is 35.7 Å². The topological polar surface area (TPSA) is 46.2 Å². The molecule has 0 spiro atoms. The molecule has 3 rings (SSSR count). The highest BCUT2D eigenvalue weighted by Crippen LogP contribution is 2.24. The summed E-state index contributed by atoms with van der Waals surface area (Å²) in [5.74, 6) is -0.0600. The van der Waals surface area contributed by atoms with Gasteiger partial charge in [0, 0.05) is 4.47 Å². The van der Waals surface area contributed by atoms with E-state index >= 15 is 0 Å². The third-order valence-electron chi connectivity index (χ3n) is 4.11. The second-order valence-electron chi connectivity index (χ2n) is 6.26. The monoisotopic (exact) mass is 429 g/mol. The molecule has 0 aliphatic rings. The molecule has 5 heteroatoms. The van der Waals surface area contributed by atoms with Crippen LogP contribution in [0.1, 0.15) is 28.3 Å². The summed E-state index contributed by atoms with van der Waals surface area (Å²) >= 11 is 3.37. The van der Waals surface area contributed by atoms with Gasteiger partial charge in [-0.25, -0.2) is 13.1 Å². The second-order valence-corrected chi connectivity index (χ2v) is 8.93. The predicted molar refractivity (Wildman–Crippen MR) is 109 cm³/mol. The van der Waals surface area contributed by atoms with E-state index in [4.69, 9.17) is 0 Å². The first-order valence-electron chi connectivity index (χ1n) is 8.29. The molecule has 3 aromatic carbocycles.